The lowest BCUT2D eigenvalue weighted by Crippen LogP contribution is -2.30. The number of carbonyl (C=O) groups is 2. The highest BCUT2D eigenvalue weighted by atomic mass is 35.5. The average Bonchev–Trinajstić information content (AvgIpc) is 2.97. The van der Waals surface area contributed by atoms with E-state index in [9.17, 15) is 9.59 Å². The first-order valence-corrected chi connectivity index (χ1v) is 7.10. The number of nitrogens with one attached hydrogen (secondary N) is 1. The Morgan fingerprint density at radius 2 is 2.20 bits per heavy atom. The van der Waals surface area contributed by atoms with Crippen LogP contribution >= 0.6 is 22.9 Å². The van der Waals surface area contributed by atoms with Gasteiger partial charge in [0.1, 0.15) is 12.2 Å². The summed E-state index contributed by atoms with van der Waals surface area (Å²) in [4.78, 5) is 23.8. The number of carboxylic acids is 1. The molecule has 0 spiro atoms. The van der Waals surface area contributed by atoms with Gasteiger partial charge in [-0.2, -0.15) is 0 Å². The zero-order chi connectivity index (χ0) is 14.7. The van der Waals surface area contributed by atoms with Crippen molar-refractivity contribution in [3.05, 3.63) is 45.4 Å². The van der Waals surface area contributed by atoms with E-state index >= 15 is 0 Å². The molecule has 0 saturated carbocycles. The van der Waals surface area contributed by atoms with Gasteiger partial charge in [-0.05, 0) is 31.2 Å². The molecule has 0 fully saturated rings. The van der Waals surface area contributed by atoms with E-state index in [1.807, 2.05) is 13.0 Å². The van der Waals surface area contributed by atoms with E-state index in [1.165, 1.54) is 22.0 Å². The van der Waals surface area contributed by atoms with Gasteiger partial charge in [0.05, 0.1) is 10.4 Å². The first-order valence-electron chi connectivity index (χ1n) is 5.90. The molecule has 0 bridgehead atoms. The molecule has 2 rings (SSSR count). The van der Waals surface area contributed by atoms with Crippen molar-refractivity contribution in [3.8, 4) is 0 Å². The van der Waals surface area contributed by atoms with Crippen LogP contribution in [0.2, 0.25) is 4.34 Å². The maximum Gasteiger partial charge on any atom is 0.352 e. The molecule has 2 N–H and O–H groups in total. The number of amides is 1. The van der Waals surface area contributed by atoms with Crippen LogP contribution in [0.1, 0.15) is 28.3 Å². The Morgan fingerprint density at radius 1 is 1.45 bits per heavy atom. The summed E-state index contributed by atoms with van der Waals surface area (Å²) in [6.45, 7) is 1.83. The quantitative estimate of drug-likeness (QED) is 0.891. The molecule has 1 atom stereocenters. The van der Waals surface area contributed by atoms with Crippen molar-refractivity contribution in [2.24, 2.45) is 0 Å². The summed E-state index contributed by atoms with van der Waals surface area (Å²) >= 11 is 7.25. The summed E-state index contributed by atoms with van der Waals surface area (Å²) in [5.41, 5.74) is 0.0898. The highest BCUT2D eigenvalue weighted by Gasteiger charge is 2.14. The third kappa shape index (κ3) is 3.40. The fourth-order valence-electron chi connectivity index (χ4n) is 1.82. The molecule has 0 saturated heterocycles. The van der Waals surface area contributed by atoms with Crippen molar-refractivity contribution >= 4 is 34.8 Å². The number of nitrogens with zero attached hydrogens (tertiary/aromatic N) is 1. The van der Waals surface area contributed by atoms with Crippen molar-refractivity contribution < 1.29 is 14.7 Å². The third-order valence-electron chi connectivity index (χ3n) is 2.76. The summed E-state index contributed by atoms with van der Waals surface area (Å²) < 4.78 is 2.06. The van der Waals surface area contributed by atoms with E-state index in [0.717, 1.165) is 4.88 Å². The molecule has 20 heavy (non-hydrogen) atoms. The second kappa shape index (κ2) is 6.11. The van der Waals surface area contributed by atoms with Crippen LogP contribution in [0.3, 0.4) is 0 Å². The van der Waals surface area contributed by atoms with Gasteiger partial charge in [0, 0.05) is 11.1 Å². The van der Waals surface area contributed by atoms with Crippen LogP contribution in [0.15, 0.2) is 30.5 Å². The molecule has 0 radical (unpaired) electrons. The second-order valence-corrected chi connectivity index (χ2v) is 6.00. The average molecular weight is 313 g/mol. The molecule has 2 aromatic heterocycles. The number of carboxylic acid groups (broad SMARTS) is 1. The predicted octanol–water partition coefficient (Wildman–Crippen LogP) is 2.78. The van der Waals surface area contributed by atoms with E-state index < -0.39 is 5.97 Å². The number of thiophene rings is 1. The topological polar surface area (TPSA) is 71.3 Å². The third-order valence-corrected chi connectivity index (χ3v) is 4.17. The first-order chi connectivity index (χ1) is 9.47. The molecule has 1 unspecified atom stereocenters. The van der Waals surface area contributed by atoms with Crippen molar-refractivity contribution in [1.29, 1.82) is 0 Å². The van der Waals surface area contributed by atoms with Crippen LogP contribution in [0.4, 0.5) is 0 Å². The van der Waals surface area contributed by atoms with E-state index in [1.54, 1.807) is 18.3 Å². The summed E-state index contributed by atoms with van der Waals surface area (Å²) in [5.74, 6) is -1.30. The van der Waals surface area contributed by atoms with Gasteiger partial charge in [0.15, 0.2) is 0 Å². The Hall–Kier alpha value is -1.79. The zero-order valence-corrected chi connectivity index (χ0v) is 12.2. The molecular weight excluding hydrogens is 300 g/mol. The normalized spacial score (nSPS) is 12.1. The lowest BCUT2D eigenvalue weighted by atomic mass is 10.3. The maximum absolute atomic E-state index is 11.9. The Kier molecular flexibility index (Phi) is 4.46. The van der Waals surface area contributed by atoms with Crippen LogP contribution in [0.25, 0.3) is 0 Å². The number of aromatic nitrogens is 1. The Balaban J connectivity index is 1.99. The summed E-state index contributed by atoms with van der Waals surface area (Å²) in [7, 11) is 0. The van der Waals surface area contributed by atoms with E-state index in [4.69, 9.17) is 16.7 Å². The smallest absolute Gasteiger partial charge is 0.352 e. The summed E-state index contributed by atoms with van der Waals surface area (Å²) in [5, 5.41) is 11.8. The summed E-state index contributed by atoms with van der Waals surface area (Å²) in [6.07, 6.45) is 1.57. The van der Waals surface area contributed by atoms with Gasteiger partial charge >= 0.3 is 5.97 Å². The highest BCUT2D eigenvalue weighted by Crippen LogP contribution is 2.26. The minimum Gasteiger partial charge on any atom is -0.477 e. The molecular formula is C13H13ClN2O3S. The molecule has 0 aliphatic heterocycles. The number of hydrogen-bond donors (Lipinski definition) is 2. The van der Waals surface area contributed by atoms with E-state index in [-0.39, 0.29) is 24.2 Å². The van der Waals surface area contributed by atoms with Gasteiger partial charge in [-0.3, -0.25) is 4.79 Å². The molecule has 7 heteroatoms. The first kappa shape index (κ1) is 14.6. The molecule has 5 nitrogen and oxygen atoms in total. The second-order valence-electron chi connectivity index (χ2n) is 4.26. The standard InChI is InChI=1S/C13H13ClN2O3S/c1-8(10-4-5-11(14)20-10)15-12(17)7-16-6-2-3-9(16)13(18)19/h2-6,8H,7H2,1H3,(H,15,17)(H,18,19). The van der Waals surface area contributed by atoms with Crippen LogP contribution in [-0.4, -0.2) is 21.6 Å². The molecule has 2 aromatic rings. The minimum atomic E-state index is -1.05. The van der Waals surface area contributed by atoms with Crippen LogP contribution < -0.4 is 5.32 Å². The van der Waals surface area contributed by atoms with E-state index in [0.29, 0.717) is 4.34 Å². The van der Waals surface area contributed by atoms with Gasteiger partial charge in [-0.1, -0.05) is 11.6 Å². The molecule has 106 valence electrons. The fourth-order valence-corrected chi connectivity index (χ4v) is 2.88. The Morgan fingerprint density at radius 3 is 2.80 bits per heavy atom. The number of rotatable bonds is 5. The van der Waals surface area contributed by atoms with Gasteiger partial charge in [0.2, 0.25) is 5.91 Å². The molecule has 1 amide bonds. The van der Waals surface area contributed by atoms with Crippen LogP contribution in [0, 0.1) is 0 Å². The van der Waals surface area contributed by atoms with Gasteiger partial charge in [0.25, 0.3) is 0 Å². The monoisotopic (exact) mass is 312 g/mol. The van der Waals surface area contributed by atoms with Crippen molar-refractivity contribution in [2.75, 3.05) is 0 Å². The zero-order valence-electron chi connectivity index (χ0n) is 10.7. The minimum absolute atomic E-state index is 0.0297. The van der Waals surface area contributed by atoms with E-state index in [2.05, 4.69) is 5.32 Å². The lowest BCUT2D eigenvalue weighted by Gasteiger charge is -2.13. The molecule has 2 heterocycles. The Bertz CT molecular complexity index is 635. The van der Waals surface area contributed by atoms with Crippen LogP contribution in [-0.2, 0) is 11.3 Å². The van der Waals surface area contributed by atoms with Crippen molar-refractivity contribution in [2.45, 2.75) is 19.5 Å². The fraction of sp³-hybridized carbons (Fsp3) is 0.231. The van der Waals surface area contributed by atoms with Gasteiger partial charge < -0.3 is 15.0 Å². The number of carbonyl (C=O) groups excluding carboxylic acids is 1. The number of hydrogen-bond acceptors (Lipinski definition) is 3. The van der Waals surface area contributed by atoms with Gasteiger partial charge in [-0.25, -0.2) is 4.79 Å². The Labute approximate surface area is 124 Å². The predicted molar refractivity (Wildman–Crippen MR) is 77.3 cm³/mol. The highest BCUT2D eigenvalue weighted by molar-refractivity contribution is 7.16. The maximum atomic E-state index is 11.9. The van der Waals surface area contributed by atoms with Gasteiger partial charge in [-0.15, -0.1) is 11.3 Å². The lowest BCUT2D eigenvalue weighted by molar-refractivity contribution is -0.122. The molecule has 0 aliphatic carbocycles. The summed E-state index contributed by atoms with van der Waals surface area (Å²) in [6, 6.07) is 6.52. The largest absolute Gasteiger partial charge is 0.477 e. The molecule has 0 aromatic carbocycles. The van der Waals surface area contributed by atoms with Crippen LogP contribution in [0.5, 0.6) is 0 Å². The SMILES string of the molecule is CC(NC(=O)Cn1cccc1C(=O)O)c1ccc(Cl)s1. The number of halogens is 1. The number of aromatic carboxylic acids is 1. The van der Waals surface area contributed by atoms with Crippen molar-refractivity contribution in [1.82, 2.24) is 9.88 Å². The van der Waals surface area contributed by atoms with Crippen molar-refractivity contribution in [3.63, 3.8) is 0 Å². The molecule has 0 aliphatic rings.